The van der Waals surface area contributed by atoms with Gasteiger partial charge < -0.3 is 33.9 Å². The quantitative estimate of drug-likeness (QED) is 0.209. The fourth-order valence-corrected chi connectivity index (χ4v) is 9.43. The molecule has 2 saturated heterocycles. The van der Waals surface area contributed by atoms with Crippen LogP contribution in [-0.4, -0.2) is 64.6 Å². The Bertz CT molecular complexity index is 1730. The molecule has 4 unspecified atom stereocenters. The van der Waals surface area contributed by atoms with Gasteiger partial charge in [-0.1, -0.05) is 56.0 Å². The second-order valence-corrected chi connectivity index (χ2v) is 15.0. The molecule has 3 fully saturated rings. The summed E-state index contributed by atoms with van der Waals surface area (Å²) in [6.07, 6.45) is 4.13. The molecular formula is C37H39IO9. The molecule has 47 heavy (non-hydrogen) atoms. The largest absolute Gasteiger partial charge is 0.504 e. The lowest BCUT2D eigenvalue weighted by atomic mass is 9.55. The van der Waals surface area contributed by atoms with Gasteiger partial charge in [0.25, 0.3) is 5.97 Å². The Balaban J connectivity index is 1.26. The van der Waals surface area contributed by atoms with Gasteiger partial charge in [-0.15, -0.1) is 0 Å². The lowest BCUT2D eigenvalue weighted by molar-refractivity contribution is -0.421. The summed E-state index contributed by atoms with van der Waals surface area (Å²) in [5, 5.41) is 22.6. The number of benzene rings is 2. The number of hydrogen-bond donors (Lipinski definition) is 2. The molecule has 2 aliphatic heterocycles. The molecule has 7 rings (SSSR count). The minimum Gasteiger partial charge on any atom is -0.504 e. The number of ether oxygens (including phenoxy) is 5. The van der Waals surface area contributed by atoms with Crippen LogP contribution in [0.2, 0.25) is 0 Å². The number of phenols is 1. The van der Waals surface area contributed by atoms with Crippen LogP contribution in [0.15, 0.2) is 77.9 Å². The zero-order valence-electron chi connectivity index (χ0n) is 26.9. The maximum Gasteiger partial charge on any atom is 0.310 e. The van der Waals surface area contributed by atoms with Crippen molar-refractivity contribution in [1.29, 1.82) is 0 Å². The van der Waals surface area contributed by atoms with Crippen molar-refractivity contribution >= 4 is 34.3 Å². The second kappa shape index (κ2) is 11.3. The van der Waals surface area contributed by atoms with Gasteiger partial charge >= 0.3 is 5.97 Å². The van der Waals surface area contributed by atoms with E-state index in [2.05, 4.69) is 13.5 Å². The number of phenolic OH excluding ortho intramolecular Hbond substituents is 1. The third-order valence-electron chi connectivity index (χ3n) is 10.8. The fourth-order valence-electron chi connectivity index (χ4n) is 8.76. The zero-order chi connectivity index (χ0) is 33.5. The fraction of sp³-hybridized carbons (Fsp3) is 0.459. The molecule has 0 aromatic heterocycles. The Morgan fingerprint density at radius 3 is 2.60 bits per heavy atom. The van der Waals surface area contributed by atoms with E-state index in [4.69, 9.17) is 23.7 Å². The Morgan fingerprint density at radius 2 is 1.89 bits per heavy atom. The second-order valence-electron chi connectivity index (χ2n) is 13.8. The maximum atomic E-state index is 13.8. The van der Waals surface area contributed by atoms with Gasteiger partial charge in [-0.25, -0.2) is 0 Å². The summed E-state index contributed by atoms with van der Waals surface area (Å²) in [7, 11) is 1.45. The van der Waals surface area contributed by atoms with Crippen LogP contribution in [0.1, 0.15) is 44.7 Å². The Labute approximate surface area is 287 Å². The van der Waals surface area contributed by atoms with Gasteiger partial charge in [0.1, 0.15) is 23.9 Å². The van der Waals surface area contributed by atoms with Gasteiger partial charge in [-0.2, -0.15) is 0 Å². The average molecular weight is 755 g/mol. The number of rotatable bonds is 8. The van der Waals surface area contributed by atoms with E-state index in [0.717, 1.165) is 11.1 Å². The maximum absolute atomic E-state index is 13.8. The standard InChI is InChI=1S/C37H39IO9/c1-20(2)35-16-22(4)37-26(33(35)45-36(46-35,47-37)18-23-9-7-6-8-10-23)12-25(17-34(42)29(37)11-21(3)32(34)41)19-44-30(39)15-24-13-27(38)31(40)28(14-24)43-5/h6-14,22,26,29,33,40,42H,1,15-19H2,2-5H3/t22?,26?,29-,33?,34-,35?,36+,37-/m1/s1. The molecule has 1 saturated carbocycles. The van der Waals surface area contributed by atoms with Crippen molar-refractivity contribution in [2.45, 2.75) is 75.3 Å². The number of methoxy groups -OCH3 is 1. The summed E-state index contributed by atoms with van der Waals surface area (Å²) < 4.78 is 32.5. The molecular weight excluding hydrogens is 715 g/mol. The van der Waals surface area contributed by atoms with Crippen molar-refractivity contribution in [3.8, 4) is 11.5 Å². The summed E-state index contributed by atoms with van der Waals surface area (Å²) >= 11 is 1.98. The van der Waals surface area contributed by atoms with Crippen molar-refractivity contribution < 1.29 is 43.5 Å². The first-order chi connectivity index (χ1) is 22.3. The van der Waals surface area contributed by atoms with Crippen LogP contribution in [0.25, 0.3) is 0 Å². The van der Waals surface area contributed by atoms with Crippen LogP contribution in [0, 0.1) is 21.3 Å². The number of aromatic hydroxyl groups is 1. The normalized spacial score (nSPS) is 36.6. The summed E-state index contributed by atoms with van der Waals surface area (Å²) in [5.41, 5.74) is -0.244. The van der Waals surface area contributed by atoms with E-state index in [0.29, 0.717) is 33.1 Å². The summed E-state index contributed by atoms with van der Waals surface area (Å²) in [5.74, 6) is -3.34. The van der Waals surface area contributed by atoms with E-state index >= 15 is 0 Å². The molecule has 10 heteroatoms. The van der Waals surface area contributed by atoms with E-state index in [-0.39, 0.29) is 42.6 Å². The monoisotopic (exact) mass is 754 g/mol. The zero-order valence-corrected chi connectivity index (χ0v) is 29.0. The van der Waals surface area contributed by atoms with E-state index in [1.165, 1.54) is 7.11 Å². The first-order valence-corrected chi connectivity index (χ1v) is 17.0. The number of fused-ring (bicyclic) bond motifs is 2. The minimum atomic E-state index is -1.81. The molecule has 2 aromatic carbocycles. The van der Waals surface area contributed by atoms with Crippen molar-refractivity contribution in [3.63, 3.8) is 0 Å². The van der Waals surface area contributed by atoms with Crippen LogP contribution in [0.4, 0.5) is 0 Å². The summed E-state index contributed by atoms with van der Waals surface area (Å²) in [6, 6.07) is 13.1. The summed E-state index contributed by atoms with van der Waals surface area (Å²) in [4.78, 5) is 26.9. The molecule has 8 atom stereocenters. The molecule has 248 valence electrons. The van der Waals surface area contributed by atoms with Gasteiger partial charge in [0.15, 0.2) is 17.3 Å². The van der Waals surface area contributed by atoms with Crippen LogP contribution < -0.4 is 4.74 Å². The highest BCUT2D eigenvalue weighted by molar-refractivity contribution is 14.1. The number of esters is 1. The van der Waals surface area contributed by atoms with Gasteiger partial charge in [0.05, 0.1) is 29.1 Å². The molecule has 2 heterocycles. The van der Waals surface area contributed by atoms with Crippen LogP contribution in [0.3, 0.4) is 0 Å². The highest BCUT2D eigenvalue weighted by Crippen LogP contribution is 2.68. The summed E-state index contributed by atoms with van der Waals surface area (Å²) in [6.45, 7) is 9.99. The number of halogens is 1. The van der Waals surface area contributed by atoms with E-state index in [1.807, 2.05) is 72.0 Å². The highest BCUT2D eigenvalue weighted by atomic mass is 127. The number of aliphatic hydroxyl groups is 1. The molecule has 3 bridgehead atoms. The SMILES string of the molecule is C=C(C)C12CC(C)[C@@]34O[C@@](Cc5ccccc5)(OC1C3C=C(COC(=O)Cc1cc(I)c(O)c(OC)c1)C[C@]1(O)C(=O)C(C)=C[C@@H]41)O2. The number of hydrogen-bond acceptors (Lipinski definition) is 9. The topological polar surface area (TPSA) is 121 Å². The van der Waals surface area contributed by atoms with E-state index < -0.39 is 46.7 Å². The third kappa shape index (κ3) is 4.85. The Hall–Kier alpha value is -3.03. The molecule has 3 aliphatic carbocycles. The number of Topliss-reactive ketones (excluding diaryl/α,β-unsaturated/α-hetero) is 1. The molecule has 2 N–H and O–H groups in total. The van der Waals surface area contributed by atoms with Crippen molar-refractivity contribution in [3.05, 3.63) is 92.6 Å². The molecule has 2 aromatic rings. The van der Waals surface area contributed by atoms with Crippen LogP contribution >= 0.6 is 22.6 Å². The highest BCUT2D eigenvalue weighted by Gasteiger charge is 2.79. The number of carbonyl (C=O) groups is 2. The van der Waals surface area contributed by atoms with Gasteiger partial charge in [-0.05, 0) is 88.8 Å². The van der Waals surface area contributed by atoms with E-state index in [9.17, 15) is 19.8 Å². The predicted octanol–water partition coefficient (Wildman–Crippen LogP) is 5.35. The third-order valence-corrected chi connectivity index (χ3v) is 11.6. The van der Waals surface area contributed by atoms with Crippen molar-refractivity contribution in [1.82, 2.24) is 0 Å². The smallest absolute Gasteiger partial charge is 0.310 e. The lowest BCUT2D eigenvalue weighted by Crippen LogP contribution is -2.70. The molecule has 0 amide bonds. The minimum absolute atomic E-state index is 0.00680. The van der Waals surface area contributed by atoms with Crippen molar-refractivity contribution in [2.24, 2.45) is 17.8 Å². The van der Waals surface area contributed by atoms with Gasteiger partial charge in [0, 0.05) is 18.3 Å². The average Bonchev–Trinajstić information content (AvgIpc) is 3.33. The number of ketones is 1. The van der Waals surface area contributed by atoms with Crippen LogP contribution in [0.5, 0.6) is 11.5 Å². The molecule has 5 aliphatic rings. The first kappa shape index (κ1) is 32.5. The molecule has 9 nitrogen and oxygen atoms in total. The van der Waals surface area contributed by atoms with Crippen LogP contribution in [-0.2, 0) is 41.4 Å². The van der Waals surface area contributed by atoms with Gasteiger partial charge in [0.2, 0.25) is 0 Å². The molecule has 0 spiro atoms. The predicted molar refractivity (Wildman–Crippen MR) is 179 cm³/mol. The van der Waals surface area contributed by atoms with Crippen molar-refractivity contribution in [2.75, 3.05) is 13.7 Å². The van der Waals surface area contributed by atoms with Gasteiger partial charge in [-0.3, -0.25) is 9.59 Å². The Morgan fingerprint density at radius 1 is 1.15 bits per heavy atom. The first-order valence-electron chi connectivity index (χ1n) is 15.9. The molecule has 0 radical (unpaired) electrons. The lowest BCUT2D eigenvalue weighted by Gasteiger charge is -2.59. The number of carbonyl (C=O) groups excluding carboxylic acids is 2. The Kier molecular flexibility index (Phi) is 7.79. The van der Waals surface area contributed by atoms with E-state index in [1.54, 1.807) is 19.1 Å².